The fraction of sp³-hybridized carbons (Fsp3) is 0.800. The summed E-state index contributed by atoms with van der Waals surface area (Å²) >= 11 is 7.81. The van der Waals surface area contributed by atoms with Crippen molar-refractivity contribution >= 4 is 23.4 Å². The van der Waals surface area contributed by atoms with Crippen molar-refractivity contribution in [1.82, 2.24) is 14.8 Å². The van der Waals surface area contributed by atoms with Gasteiger partial charge in [0.25, 0.3) is 0 Å². The Labute approximate surface area is 101 Å². The SMILES string of the molecule is CSCCCCCCn1c(C)nnc1Cl. The van der Waals surface area contributed by atoms with Crippen molar-refractivity contribution in [3.05, 3.63) is 11.1 Å². The predicted molar refractivity (Wildman–Crippen MR) is 66.6 cm³/mol. The number of aromatic nitrogens is 3. The molecule has 0 radical (unpaired) electrons. The molecule has 0 aromatic carbocycles. The summed E-state index contributed by atoms with van der Waals surface area (Å²) in [4.78, 5) is 0. The van der Waals surface area contributed by atoms with Crippen molar-refractivity contribution < 1.29 is 0 Å². The third-order valence-corrected chi connectivity index (χ3v) is 3.35. The summed E-state index contributed by atoms with van der Waals surface area (Å²) in [5, 5.41) is 8.25. The zero-order chi connectivity index (χ0) is 11.1. The maximum atomic E-state index is 5.89. The molecule has 5 heteroatoms. The summed E-state index contributed by atoms with van der Waals surface area (Å²) in [6, 6.07) is 0. The highest BCUT2D eigenvalue weighted by atomic mass is 35.5. The molecular formula is C10H18ClN3S. The maximum absolute atomic E-state index is 5.89. The Kier molecular flexibility index (Phi) is 6.10. The van der Waals surface area contributed by atoms with Gasteiger partial charge in [-0.1, -0.05) is 12.8 Å². The normalized spacial score (nSPS) is 10.9. The van der Waals surface area contributed by atoms with E-state index < -0.39 is 0 Å². The molecule has 0 aliphatic rings. The van der Waals surface area contributed by atoms with Gasteiger partial charge < -0.3 is 4.57 Å². The molecule has 15 heavy (non-hydrogen) atoms. The summed E-state index contributed by atoms with van der Waals surface area (Å²) in [5.41, 5.74) is 0. The van der Waals surface area contributed by atoms with Crippen molar-refractivity contribution in [3.8, 4) is 0 Å². The van der Waals surface area contributed by atoms with E-state index in [-0.39, 0.29) is 0 Å². The van der Waals surface area contributed by atoms with Crippen molar-refractivity contribution in [1.29, 1.82) is 0 Å². The van der Waals surface area contributed by atoms with Crippen LogP contribution >= 0.6 is 23.4 Å². The largest absolute Gasteiger partial charge is 0.302 e. The van der Waals surface area contributed by atoms with Gasteiger partial charge in [0.15, 0.2) is 0 Å². The van der Waals surface area contributed by atoms with Gasteiger partial charge in [-0.2, -0.15) is 11.8 Å². The number of thioether (sulfide) groups is 1. The van der Waals surface area contributed by atoms with Crippen molar-refractivity contribution in [2.24, 2.45) is 0 Å². The molecule has 0 saturated heterocycles. The molecule has 0 amide bonds. The summed E-state index contributed by atoms with van der Waals surface area (Å²) in [6.07, 6.45) is 7.19. The van der Waals surface area contributed by atoms with Crippen LogP contribution in [0.25, 0.3) is 0 Å². The molecule has 0 aliphatic heterocycles. The van der Waals surface area contributed by atoms with Crippen LogP contribution in [0.4, 0.5) is 0 Å². The number of hydrogen-bond donors (Lipinski definition) is 0. The molecule has 0 unspecified atom stereocenters. The average molecular weight is 248 g/mol. The van der Waals surface area contributed by atoms with Crippen LogP contribution in [0, 0.1) is 6.92 Å². The lowest BCUT2D eigenvalue weighted by Crippen LogP contribution is -2.00. The molecule has 3 nitrogen and oxygen atoms in total. The molecule has 1 heterocycles. The van der Waals surface area contributed by atoms with Gasteiger partial charge in [0.2, 0.25) is 5.28 Å². The lowest BCUT2D eigenvalue weighted by Gasteiger charge is -2.04. The second-order valence-corrected chi connectivity index (χ2v) is 4.90. The van der Waals surface area contributed by atoms with E-state index in [1.165, 1.54) is 25.0 Å². The number of rotatable bonds is 7. The minimum Gasteiger partial charge on any atom is -0.302 e. The van der Waals surface area contributed by atoms with Gasteiger partial charge in [0.05, 0.1) is 0 Å². The maximum Gasteiger partial charge on any atom is 0.225 e. The van der Waals surface area contributed by atoms with E-state index in [4.69, 9.17) is 11.6 Å². The molecule has 0 aliphatic carbocycles. The Balaban J connectivity index is 2.15. The number of halogens is 1. The number of unbranched alkanes of at least 4 members (excludes halogenated alkanes) is 3. The van der Waals surface area contributed by atoms with Crippen LogP contribution in [0.1, 0.15) is 31.5 Å². The Hall–Kier alpha value is -0.220. The van der Waals surface area contributed by atoms with E-state index >= 15 is 0 Å². The van der Waals surface area contributed by atoms with Crippen LogP contribution in [0.5, 0.6) is 0 Å². The van der Waals surface area contributed by atoms with Gasteiger partial charge >= 0.3 is 0 Å². The molecule has 0 spiro atoms. The third-order valence-electron chi connectivity index (χ3n) is 2.37. The smallest absolute Gasteiger partial charge is 0.225 e. The first-order chi connectivity index (χ1) is 7.25. The number of nitrogens with zero attached hydrogens (tertiary/aromatic N) is 3. The van der Waals surface area contributed by atoms with Gasteiger partial charge in [-0.05, 0) is 43.4 Å². The monoisotopic (exact) mass is 247 g/mol. The van der Waals surface area contributed by atoms with Gasteiger partial charge in [0, 0.05) is 6.54 Å². The van der Waals surface area contributed by atoms with Crippen LogP contribution in [0.3, 0.4) is 0 Å². The molecule has 1 aromatic rings. The minimum absolute atomic E-state index is 0.511. The highest BCUT2D eigenvalue weighted by molar-refractivity contribution is 7.98. The zero-order valence-corrected chi connectivity index (χ0v) is 10.9. The van der Waals surface area contributed by atoms with Crippen molar-refractivity contribution in [3.63, 3.8) is 0 Å². The quantitative estimate of drug-likeness (QED) is 0.694. The van der Waals surface area contributed by atoms with E-state index in [1.54, 1.807) is 0 Å². The zero-order valence-electron chi connectivity index (χ0n) is 9.37. The summed E-state index contributed by atoms with van der Waals surface area (Å²) < 4.78 is 1.97. The van der Waals surface area contributed by atoms with E-state index in [9.17, 15) is 0 Å². The Bertz CT molecular complexity index is 269. The van der Waals surface area contributed by atoms with Crippen LogP contribution in [0.15, 0.2) is 0 Å². The second-order valence-electron chi connectivity index (χ2n) is 3.57. The van der Waals surface area contributed by atoms with Crippen LogP contribution in [-0.2, 0) is 6.54 Å². The van der Waals surface area contributed by atoms with Crippen LogP contribution < -0.4 is 0 Å². The van der Waals surface area contributed by atoms with Crippen molar-refractivity contribution in [2.75, 3.05) is 12.0 Å². The molecule has 0 atom stereocenters. The fourth-order valence-corrected chi connectivity index (χ4v) is 2.22. The Morgan fingerprint density at radius 1 is 1.20 bits per heavy atom. The van der Waals surface area contributed by atoms with Gasteiger partial charge in [-0.3, -0.25) is 0 Å². The number of aryl methyl sites for hydroxylation is 1. The first-order valence-electron chi connectivity index (χ1n) is 5.30. The van der Waals surface area contributed by atoms with Crippen LogP contribution in [0.2, 0.25) is 5.28 Å². The molecule has 0 bridgehead atoms. The molecule has 0 saturated carbocycles. The predicted octanol–water partition coefficient (Wildman–Crippen LogP) is 3.16. The first-order valence-corrected chi connectivity index (χ1v) is 7.07. The van der Waals surface area contributed by atoms with Crippen molar-refractivity contribution in [2.45, 2.75) is 39.2 Å². The average Bonchev–Trinajstić information content (AvgIpc) is 2.54. The second kappa shape index (κ2) is 7.12. The fourth-order valence-electron chi connectivity index (χ4n) is 1.48. The van der Waals surface area contributed by atoms with E-state index in [0.717, 1.165) is 18.8 Å². The van der Waals surface area contributed by atoms with Gasteiger partial charge in [-0.25, -0.2) is 0 Å². The molecule has 1 aromatic heterocycles. The molecule has 0 N–H and O–H groups in total. The summed E-state index contributed by atoms with van der Waals surface area (Å²) in [5.74, 6) is 2.18. The molecule has 86 valence electrons. The van der Waals surface area contributed by atoms with Gasteiger partial charge in [-0.15, -0.1) is 10.2 Å². The third kappa shape index (κ3) is 4.43. The highest BCUT2D eigenvalue weighted by Crippen LogP contribution is 2.11. The standard InChI is InChI=1S/C10H18ClN3S/c1-9-12-13-10(11)14(9)7-5-3-4-6-8-15-2/h3-8H2,1-2H3. The summed E-state index contributed by atoms with van der Waals surface area (Å²) in [7, 11) is 0. The highest BCUT2D eigenvalue weighted by Gasteiger charge is 2.04. The number of hydrogen-bond acceptors (Lipinski definition) is 3. The first kappa shape index (κ1) is 12.8. The van der Waals surface area contributed by atoms with E-state index in [1.807, 2.05) is 23.3 Å². The lowest BCUT2D eigenvalue weighted by atomic mass is 10.2. The lowest BCUT2D eigenvalue weighted by molar-refractivity contribution is 0.574. The molecule has 1 rings (SSSR count). The van der Waals surface area contributed by atoms with E-state index in [0.29, 0.717) is 5.28 Å². The van der Waals surface area contributed by atoms with Gasteiger partial charge in [0.1, 0.15) is 5.82 Å². The minimum atomic E-state index is 0.511. The summed E-state index contributed by atoms with van der Waals surface area (Å²) in [6.45, 7) is 2.88. The van der Waals surface area contributed by atoms with E-state index in [2.05, 4.69) is 16.5 Å². The topological polar surface area (TPSA) is 30.7 Å². The van der Waals surface area contributed by atoms with Crippen LogP contribution in [-0.4, -0.2) is 26.8 Å². The molecular weight excluding hydrogens is 230 g/mol. The Morgan fingerprint density at radius 2 is 1.93 bits per heavy atom. The molecule has 0 fully saturated rings. The Morgan fingerprint density at radius 3 is 2.53 bits per heavy atom.